The third kappa shape index (κ3) is 2.50. The topological polar surface area (TPSA) is 64.4 Å². The number of hydrogen-bond acceptors (Lipinski definition) is 7. The van der Waals surface area contributed by atoms with Crippen molar-refractivity contribution in [3.05, 3.63) is 5.69 Å². The first kappa shape index (κ1) is 14.4. The lowest BCUT2D eigenvalue weighted by atomic mass is 10.1. The molecule has 0 saturated carbocycles. The van der Waals surface area contributed by atoms with Crippen LogP contribution < -0.4 is 5.32 Å². The van der Waals surface area contributed by atoms with Gasteiger partial charge in [0.15, 0.2) is 10.8 Å². The molecule has 22 heavy (non-hydrogen) atoms. The summed E-state index contributed by atoms with van der Waals surface area (Å²) in [7, 11) is 1.94. The number of rotatable bonds is 3. The minimum absolute atomic E-state index is 0.284. The zero-order valence-electron chi connectivity index (χ0n) is 12.9. The second-order valence-electron chi connectivity index (χ2n) is 5.88. The molecular formula is C14H21N5O2S. The second-order valence-corrected chi connectivity index (χ2v) is 6.88. The van der Waals surface area contributed by atoms with E-state index in [4.69, 9.17) is 9.47 Å². The molecular weight excluding hydrogens is 302 g/mol. The summed E-state index contributed by atoms with van der Waals surface area (Å²) in [6, 6.07) is 0.682. The van der Waals surface area contributed by atoms with E-state index in [1.807, 2.05) is 18.7 Å². The number of morpholine rings is 1. The number of aromatic nitrogens is 3. The van der Waals surface area contributed by atoms with E-state index in [0.29, 0.717) is 6.04 Å². The monoisotopic (exact) mass is 323 g/mol. The Morgan fingerprint density at radius 1 is 1.23 bits per heavy atom. The smallest absolute Gasteiger partial charge is 0.185 e. The maximum Gasteiger partial charge on any atom is 0.185 e. The number of nitrogens with zero attached hydrogens (tertiary/aromatic N) is 4. The summed E-state index contributed by atoms with van der Waals surface area (Å²) in [6.45, 7) is 7.13. The molecule has 0 amide bonds. The third-order valence-corrected chi connectivity index (χ3v) is 5.50. The molecule has 120 valence electrons. The summed E-state index contributed by atoms with van der Waals surface area (Å²) >= 11 is 1.68. The van der Waals surface area contributed by atoms with Crippen molar-refractivity contribution >= 4 is 26.8 Å². The molecule has 7 nitrogen and oxygen atoms in total. The Morgan fingerprint density at radius 2 is 2.05 bits per heavy atom. The summed E-state index contributed by atoms with van der Waals surface area (Å²) in [5.74, 6) is 0. The van der Waals surface area contributed by atoms with Crippen LogP contribution >= 0.6 is 11.3 Å². The Bertz CT molecular complexity index is 629. The van der Waals surface area contributed by atoms with Gasteiger partial charge in [-0.2, -0.15) is 5.10 Å². The molecule has 2 fully saturated rings. The van der Waals surface area contributed by atoms with E-state index in [1.54, 1.807) is 11.3 Å². The van der Waals surface area contributed by atoms with Gasteiger partial charge >= 0.3 is 0 Å². The van der Waals surface area contributed by atoms with Crippen LogP contribution in [0, 0.1) is 6.92 Å². The SMILES string of the molecule is Cc1nn(C)c2nc(N[C@@H]3COC[C@H]3N3CCOCC3)sc12. The molecule has 2 aliphatic rings. The zero-order chi connectivity index (χ0) is 15.1. The molecule has 4 heterocycles. The number of ether oxygens (including phenoxy) is 2. The standard InChI is InChI=1S/C14H21N5O2S/c1-9-12-13(18(2)17-9)16-14(22-12)15-10-7-21-8-11(10)19-3-5-20-6-4-19/h10-11H,3-8H2,1-2H3,(H,15,16)/t10-,11-/m1/s1. The number of thiazole rings is 1. The molecule has 0 unspecified atom stereocenters. The van der Waals surface area contributed by atoms with Crippen LogP contribution in [0.4, 0.5) is 5.13 Å². The van der Waals surface area contributed by atoms with Gasteiger partial charge in [0.25, 0.3) is 0 Å². The van der Waals surface area contributed by atoms with Crippen molar-refractivity contribution in [3.8, 4) is 0 Å². The summed E-state index contributed by atoms with van der Waals surface area (Å²) < 4.78 is 14.2. The van der Waals surface area contributed by atoms with E-state index < -0.39 is 0 Å². The summed E-state index contributed by atoms with van der Waals surface area (Å²) in [6.07, 6.45) is 0. The van der Waals surface area contributed by atoms with Crippen LogP contribution in [0.25, 0.3) is 10.3 Å². The molecule has 2 saturated heterocycles. The fourth-order valence-corrected chi connectivity index (χ4v) is 4.25. The largest absolute Gasteiger partial charge is 0.379 e. The Balaban J connectivity index is 1.51. The van der Waals surface area contributed by atoms with Crippen LogP contribution in [-0.2, 0) is 16.5 Å². The van der Waals surface area contributed by atoms with Gasteiger partial charge in [0.05, 0.1) is 48.9 Å². The normalized spacial score (nSPS) is 26.8. The molecule has 4 rings (SSSR count). The molecule has 1 N–H and O–H groups in total. The van der Waals surface area contributed by atoms with Gasteiger partial charge in [-0.15, -0.1) is 0 Å². The Hall–Kier alpha value is -1.22. The lowest BCUT2D eigenvalue weighted by Gasteiger charge is -2.34. The van der Waals surface area contributed by atoms with Gasteiger partial charge in [-0.25, -0.2) is 9.67 Å². The number of aryl methyl sites for hydroxylation is 2. The molecule has 2 atom stereocenters. The lowest BCUT2D eigenvalue weighted by Crippen LogP contribution is -2.50. The number of nitrogens with one attached hydrogen (secondary N) is 1. The van der Waals surface area contributed by atoms with Gasteiger partial charge in [0.2, 0.25) is 0 Å². The molecule has 8 heteroatoms. The van der Waals surface area contributed by atoms with Crippen LogP contribution in [0.1, 0.15) is 5.69 Å². The molecule has 2 aromatic heterocycles. The van der Waals surface area contributed by atoms with E-state index in [9.17, 15) is 0 Å². The van der Waals surface area contributed by atoms with E-state index >= 15 is 0 Å². The highest BCUT2D eigenvalue weighted by Gasteiger charge is 2.34. The Kier molecular flexibility index (Phi) is 3.77. The average molecular weight is 323 g/mol. The first-order valence-corrected chi connectivity index (χ1v) is 8.50. The van der Waals surface area contributed by atoms with Crippen molar-refractivity contribution in [2.45, 2.75) is 19.0 Å². The average Bonchev–Trinajstić information content (AvgIpc) is 3.20. The van der Waals surface area contributed by atoms with Crippen molar-refractivity contribution in [1.82, 2.24) is 19.7 Å². The van der Waals surface area contributed by atoms with Gasteiger partial charge in [0.1, 0.15) is 0 Å². The highest BCUT2D eigenvalue weighted by atomic mass is 32.1. The molecule has 0 aliphatic carbocycles. The van der Waals surface area contributed by atoms with Gasteiger partial charge in [-0.3, -0.25) is 4.90 Å². The Labute approximate surface area is 133 Å². The number of hydrogen-bond donors (Lipinski definition) is 1. The van der Waals surface area contributed by atoms with Crippen LogP contribution in [0.5, 0.6) is 0 Å². The van der Waals surface area contributed by atoms with Gasteiger partial charge in [-0.1, -0.05) is 11.3 Å². The highest BCUT2D eigenvalue weighted by molar-refractivity contribution is 7.22. The second kappa shape index (κ2) is 5.77. The first-order valence-electron chi connectivity index (χ1n) is 7.68. The van der Waals surface area contributed by atoms with Crippen LogP contribution in [0.2, 0.25) is 0 Å². The van der Waals surface area contributed by atoms with Gasteiger partial charge in [0, 0.05) is 20.1 Å². The minimum atomic E-state index is 0.284. The van der Waals surface area contributed by atoms with Crippen LogP contribution in [0.3, 0.4) is 0 Å². The minimum Gasteiger partial charge on any atom is -0.379 e. The van der Waals surface area contributed by atoms with Crippen molar-refractivity contribution in [1.29, 1.82) is 0 Å². The zero-order valence-corrected chi connectivity index (χ0v) is 13.7. The van der Waals surface area contributed by atoms with Crippen molar-refractivity contribution in [2.75, 3.05) is 44.8 Å². The number of fused-ring (bicyclic) bond motifs is 1. The Morgan fingerprint density at radius 3 is 2.82 bits per heavy atom. The highest BCUT2D eigenvalue weighted by Crippen LogP contribution is 2.29. The third-order valence-electron chi connectivity index (χ3n) is 4.42. The molecule has 0 spiro atoms. The predicted molar refractivity (Wildman–Crippen MR) is 85.5 cm³/mol. The van der Waals surface area contributed by atoms with E-state index in [2.05, 4.69) is 20.3 Å². The fourth-order valence-electron chi connectivity index (χ4n) is 3.26. The van der Waals surface area contributed by atoms with Gasteiger partial charge < -0.3 is 14.8 Å². The van der Waals surface area contributed by atoms with Gasteiger partial charge in [-0.05, 0) is 6.92 Å². The van der Waals surface area contributed by atoms with E-state index in [-0.39, 0.29) is 6.04 Å². The van der Waals surface area contributed by atoms with Crippen molar-refractivity contribution in [3.63, 3.8) is 0 Å². The van der Waals surface area contributed by atoms with E-state index in [0.717, 1.165) is 60.7 Å². The lowest BCUT2D eigenvalue weighted by molar-refractivity contribution is 0.0131. The quantitative estimate of drug-likeness (QED) is 0.903. The van der Waals surface area contributed by atoms with E-state index in [1.165, 1.54) is 0 Å². The summed E-state index contributed by atoms with van der Waals surface area (Å²) in [4.78, 5) is 7.15. The first-order chi connectivity index (χ1) is 10.7. The molecule has 0 radical (unpaired) electrons. The van der Waals surface area contributed by atoms with Crippen LogP contribution in [-0.4, -0.2) is 71.3 Å². The maximum absolute atomic E-state index is 5.71. The van der Waals surface area contributed by atoms with Crippen molar-refractivity contribution in [2.24, 2.45) is 7.05 Å². The predicted octanol–water partition coefficient (Wildman–Crippen LogP) is 0.850. The molecule has 2 aliphatic heterocycles. The fraction of sp³-hybridized carbons (Fsp3) is 0.714. The number of anilines is 1. The summed E-state index contributed by atoms with van der Waals surface area (Å²) in [5.41, 5.74) is 1.99. The molecule has 2 aromatic rings. The van der Waals surface area contributed by atoms with Crippen molar-refractivity contribution < 1.29 is 9.47 Å². The summed E-state index contributed by atoms with van der Waals surface area (Å²) in [5, 5.41) is 8.94. The molecule has 0 aromatic carbocycles. The van der Waals surface area contributed by atoms with Crippen LogP contribution in [0.15, 0.2) is 0 Å². The maximum atomic E-state index is 5.71. The molecule has 0 bridgehead atoms.